The van der Waals surface area contributed by atoms with Gasteiger partial charge < -0.3 is 5.32 Å². The number of aromatic nitrogens is 2. The second-order valence-electron chi connectivity index (χ2n) is 3.92. The molecule has 0 aliphatic heterocycles. The van der Waals surface area contributed by atoms with Gasteiger partial charge in [-0.2, -0.15) is 0 Å². The number of nitrogens with one attached hydrogen (secondary N) is 2. The molecular formula is C12H11BrClN5O. The third-order valence-corrected chi connectivity index (χ3v) is 3.81. The van der Waals surface area contributed by atoms with Crippen LogP contribution in [0.25, 0.3) is 0 Å². The molecule has 0 bridgehead atoms. The topological polar surface area (TPSA) is 92.9 Å². The molecule has 8 heteroatoms. The van der Waals surface area contributed by atoms with Gasteiger partial charge >= 0.3 is 0 Å². The van der Waals surface area contributed by atoms with E-state index in [1.807, 2.05) is 0 Å². The van der Waals surface area contributed by atoms with Gasteiger partial charge in [-0.3, -0.25) is 10.2 Å². The quantitative estimate of drug-likeness (QED) is 0.581. The number of amides is 1. The van der Waals surface area contributed by atoms with Crippen LogP contribution < -0.4 is 16.6 Å². The SMILES string of the molecule is Cc1cc(C(=O)Nc2cccc(Cl)c2Br)nc(NN)n1. The molecule has 0 saturated heterocycles. The number of carbonyl (C=O) groups is 1. The van der Waals surface area contributed by atoms with E-state index in [0.29, 0.717) is 20.9 Å². The Morgan fingerprint density at radius 1 is 1.40 bits per heavy atom. The minimum atomic E-state index is -0.380. The summed E-state index contributed by atoms with van der Waals surface area (Å²) in [6.45, 7) is 1.74. The number of anilines is 2. The number of hydrazine groups is 1. The van der Waals surface area contributed by atoms with Crippen LogP contribution in [0.1, 0.15) is 16.2 Å². The molecule has 1 aromatic heterocycles. The molecule has 0 saturated carbocycles. The number of hydrogen-bond acceptors (Lipinski definition) is 5. The first-order valence-electron chi connectivity index (χ1n) is 5.59. The molecule has 104 valence electrons. The molecule has 0 radical (unpaired) electrons. The van der Waals surface area contributed by atoms with E-state index in [9.17, 15) is 4.79 Å². The van der Waals surface area contributed by atoms with Crippen LogP contribution in [-0.4, -0.2) is 15.9 Å². The van der Waals surface area contributed by atoms with E-state index < -0.39 is 0 Å². The first kappa shape index (κ1) is 14.7. The molecule has 0 aliphatic carbocycles. The van der Waals surface area contributed by atoms with Gasteiger partial charge in [-0.05, 0) is 41.1 Å². The van der Waals surface area contributed by atoms with Gasteiger partial charge in [-0.1, -0.05) is 17.7 Å². The maximum Gasteiger partial charge on any atom is 0.274 e. The van der Waals surface area contributed by atoms with E-state index in [4.69, 9.17) is 17.4 Å². The molecule has 1 aromatic carbocycles. The summed E-state index contributed by atoms with van der Waals surface area (Å²) in [6, 6.07) is 6.74. The van der Waals surface area contributed by atoms with E-state index in [-0.39, 0.29) is 17.5 Å². The zero-order chi connectivity index (χ0) is 14.7. The average molecular weight is 357 g/mol. The van der Waals surface area contributed by atoms with Crippen molar-refractivity contribution < 1.29 is 4.79 Å². The van der Waals surface area contributed by atoms with Crippen molar-refractivity contribution in [3.8, 4) is 0 Å². The third-order valence-electron chi connectivity index (χ3n) is 2.42. The monoisotopic (exact) mass is 355 g/mol. The number of carbonyl (C=O) groups excluding carboxylic acids is 1. The van der Waals surface area contributed by atoms with Crippen molar-refractivity contribution in [2.45, 2.75) is 6.92 Å². The van der Waals surface area contributed by atoms with Crippen molar-refractivity contribution >= 4 is 45.1 Å². The smallest absolute Gasteiger partial charge is 0.274 e. The van der Waals surface area contributed by atoms with Gasteiger partial charge in [0.25, 0.3) is 5.91 Å². The van der Waals surface area contributed by atoms with Gasteiger partial charge in [0.15, 0.2) is 0 Å². The summed E-state index contributed by atoms with van der Waals surface area (Å²) in [5.41, 5.74) is 3.71. The normalized spacial score (nSPS) is 10.2. The van der Waals surface area contributed by atoms with Crippen LogP contribution in [0.5, 0.6) is 0 Å². The van der Waals surface area contributed by atoms with Gasteiger partial charge in [-0.15, -0.1) is 0 Å². The van der Waals surface area contributed by atoms with Gasteiger partial charge in [-0.25, -0.2) is 15.8 Å². The number of halogens is 2. The maximum absolute atomic E-state index is 12.2. The van der Waals surface area contributed by atoms with Crippen LogP contribution in [0.3, 0.4) is 0 Å². The standard InChI is InChI=1S/C12H11BrClN5O/c1-6-5-9(18-12(16-6)19-15)11(20)17-8-4-2-3-7(14)10(8)13/h2-5H,15H2,1H3,(H,17,20)(H,16,18,19). The largest absolute Gasteiger partial charge is 0.320 e. The predicted molar refractivity (Wildman–Crippen MR) is 81.7 cm³/mol. The van der Waals surface area contributed by atoms with Crippen molar-refractivity contribution in [1.29, 1.82) is 0 Å². The highest BCUT2D eigenvalue weighted by Crippen LogP contribution is 2.30. The minimum absolute atomic E-state index is 0.181. The molecule has 20 heavy (non-hydrogen) atoms. The lowest BCUT2D eigenvalue weighted by atomic mass is 10.3. The van der Waals surface area contributed by atoms with Crippen molar-refractivity contribution in [2.24, 2.45) is 5.84 Å². The fourth-order valence-electron chi connectivity index (χ4n) is 1.54. The van der Waals surface area contributed by atoms with Gasteiger partial charge in [0.1, 0.15) is 5.69 Å². The van der Waals surface area contributed by atoms with Crippen molar-refractivity contribution in [2.75, 3.05) is 10.7 Å². The first-order chi connectivity index (χ1) is 9.51. The van der Waals surface area contributed by atoms with Gasteiger partial charge in [0.2, 0.25) is 5.95 Å². The fourth-order valence-corrected chi connectivity index (χ4v) is 2.07. The Kier molecular flexibility index (Phi) is 4.53. The molecule has 2 aromatic rings. The summed E-state index contributed by atoms with van der Waals surface area (Å²) >= 11 is 9.28. The molecule has 0 spiro atoms. The van der Waals surface area contributed by atoms with E-state index in [1.54, 1.807) is 31.2 Å². The minimum Gasteiger partial charge on any atom is -0.320 e. The number of nitrogens with zero attached hydrogens (tertiary/aromatic N) is 2. The van der Waals surface area contributed by atoms with E-state index in [1.165, 1.54) is 0 Å². The number of rotatable bonds is 3. The summed E-state index contributed by atoms with van der Waals surface area (Å²) in [6.07, 6.45) is 0. The number of nitrogen functional groups attached to an aromatic ring is 1. The molecule has 0 aliphatic rings. The number of benzene rings is 1. The van der Waals surface area contributed by atoms with E-state index >= 15 is 0 Å². The third kappa shape index (κ3) is 3.24. The highest BCUT2D eigenvalue weighted by molar-refractivity contribution is 9.10. The predicted octanol–water partition coefficient (Wildman–Crippen LogP) is 2.74. The molecule has 1 amide bonds. The Labute approximate surface area is 128 Å². The van der Waals surface area contributed by atoms with Crippen molar-refractivity contribution in [3.05, 3.63) is 45.1 Å². The number of nitrogens with two attached hydrogens (primary N) is 1. The Bertz CT molecular complexity index is 664. The molecule has 1 heterocycles. The highest BCUT2D eigenvalue weighted by atomic mass is 79.9. The lowest BCUT2D eigenvalue weighted by Gasteiger charge is -2.09. The molecule has 0 atom stereocenters. The van der Waals surface area contributed by atoms with Crippen LogP contribution in [0.15, 0.2) is 28.7 Å². The summed E-state index contributed by atoms with van der Waals surface area (Å²) < 4.78 is 0.609. The Morgan fingerprint density at radius 2 is 2.15 bits per heavy atom. The average Bonchev–Trinajstić information content (AvgIpc) is 2.43. The fraction of sp³-hybridized carbons (Fsp3) is 0.0833. The zero-order valence-corrected chi connectivity index (χ0v) is 12.8. The lowest BCUT2D eigenvalue weighted by Crippen LogP contribution is -2.18. The summed E-state index contributed by atoms with van der Waals surface area (Å²) in [5, 5.41) is 3.22. The van der Waals surface area contributed by atoms with Crippen LogP contribution in [0, 0.1) is 6.92 Å². The highest BCUT2D eigenvalue weighted by Gasteiger charge is 2.13. The van der Waals surface area contributed by atoms with Crippen molar-refractivity contribution in [1.82, 2.24) is 9.97 Å². The number of aryl methyl sites for hydroxylation is 1. The molecule has 0 fully saturated rings. The Balaban J connectivity index is 2.28. The van der Waals surface area contributed by atoms with Gasteiger partial charge in [0, 0.05) is 5.69 Å². The lowest BCUT2D eigenvalue weighted by molar-refractivity contribution is 0.102. The van der Waals surface area contributed by atoms with Crippen LogP contribution in [0.4, 0.5) is 11.6 Å². The first-order valence-corrected chi connectivity index (χ1v) is 6.76. The van der Waals surface area contributed by atoms with Crippen LogP contribution in [0.2, 0.25) is 5.02 Å². The molecule has 4 N–H and O–H groups in total. The van der Waals surface area contributed by atoms with Crippen LogP contribution >= 0.6 is 27.5 Å². The second kappa shape index (κ2) is 6.17. The van der Waals surface area contributed by atoms with E-state index in [2.05, 4.69) is 36.6 Å². The maximum atomic E-state index is 12.2. The molecule has 0 unspecified atom stereocenters. The molecular weight excluding hydrogens is 346 g/mol. The summed E-state index contributed by atoms with van der Waals surface area (Å²) in [7, 11) is 0. The zero-order valence-electron chi connectivity index (χ0n) is 10.4. The van der Waals surface area contributed by atoms with Gasteiger partial charge in [0.05, 0.1) is 15.2 Å². The van der Waals surface area contributed by atoms with E-state index in [0.717, 1.165) is 0 Å². The molecule has 2 rings (SSSR count). The van der Waals surface area contributed by atoms with Crippen molar-refractivity contribution in [3.63, 3.8) is 0 Å². The van der Waals surface area contributed by atoms with Crippen LogP contribution in [-0.2, 0) is 0 Å². The Hall–Kier alpha value is -1.70. The summed E-state index contributed by atoms with van der Waals surface area (Å²) in [5.74, 6) is 5.05. The Morgan fingerprint density at radius 3 is 2.85 bits per heavy atom. The molecule has 6 nitrogen and oxygen atoms in total. The summed E-state index contributed by atoms with van der Waals surface area (Å²) in [4.78, 5) is 20.2. The number of hydrogen-bond donors (Lipinski definition) is 3. The second-order valence-corrected chi connectivity index (χ2v) is 5.12.